The number of imidazole rings is 1. The van der Waals surface area contributed by atoms with Crippen molar-refractivity contribution in [2.75, 3.05) is 5.32 Å². The molecule has 3 aromatic rings. The van der Waals surface area contributed by atoms with Crippen LogP contribution in [0.4, 0.5) is 5.69 Å². The van der Waals surface area contributed by atoms with E-state index in [0.717, 1.165) is 51.5 Å². The van der Waals surface area contributed by atoms with Crippen LogP contribution in [0.3, 0.4) is 0 Å². The highest BCUT2D eigenvalue weighted by Crippen LogP contribution is 2.52. The Hall–Kier alpha value is -3.08. The Balaban J connectivity index is 1.56. The summed E-state index contributed by atoms with van der Waals surface area (Å²) >= 11 is 0. The van der Waals surface area contributed by atoms with E-state index < -0.39 is 5.41 Å². The Morgan fingerprint density at radius 2 is 1.97 bits per heavy atom. The van der Waals surface area contributed by atoms with Gasteiger partial charge in [-0.15, -0.1) is 0 Å². The van der Waals surface area contributed by atoms with Crippen molar-refractivity contribution in [2.45, 2.75) is 52.9 Å². The zero-order chi connectivity index (χ0) is 21.7. The lowest BCUT2D eigenvalue weighted by Gasteiger charge is -2.16. The van der Waals surface area contributed by atoms with Crippen LogP contribution in [0.25, 0.3) is 23.6 Å². The highest BCUT2D eigenvalue weighted by molar-refractivity contribution is 6.01. The zero-order valence-corrected chi connectivity index (χ0v) is 18.4. The second-order valence-corrected chi connectivity index (χ2v) is 9.47. The second kappa shape index (κ2) is 7.01. The first-order valence-corrected chi connectivity index (χ1v) is 10.4. The number of carbonyl (C=O) groups is 1. The number of allylic oxidation sites excluding steroid dienone is 1. The molecule has 0 bridgehead atoms. The molecule has 2 aromatic heterocycles. The van der Waals surface area contributed by atoms with E-state index in [9.17, 15) is 4.79 Å². The maximum atomic E-state index is 13.1. The molecule has 30 heavy (non-hydrogen) atoms. The van der Waals surface area contributed by atoms with Gasteiger partial charge >= 0.3 is 0 Å². The van der Waals surface area contributed by atoms with Crippen molar-refractivity contribution in [1.82, 2.24) is 15.0 Å². The summed E-state index contributed by atoms with van der Waals surface area (Å²) in [6.07, 6.45) is 5.72. The summed E-state index contributed by atoms with van der Waals surface area (Å²) in [7, 11) is 0. The summed E-state index contributed by atoms with van der Waals surface area (Å²) < 4.78 is 0. The summed E-state index contributed by atoms with van der Waals surface area (Å²) in [5, 5.41) is 5.86. The normalized spacial score (nSPS) is 16.8. The van der Waals surface area contributed by atoms with Crippen molar-refractivity contribution >= 4 is 35.2 Å². The number of hydrogen-bond donors (Lipinski definition) is 3. The van der Waals surface area contributed by atoms with Crippen LogP contribution in [0.15, 0.2) is 35.9 Å². The van der Waals surface area contributed by atoms with Crippen LogP contribution in [-0.2, 0) is 10.2 Å². The van der Waals surface area contributed by atoms with E-state index in [0.29, 0.717) is 0 Å². The molecule has 0 saturated heterocycles. The number of fused-ring (bicyclic) bond motifs is 1. The molecule has 1 aromatic carbocycles. The molecule has 0 radical (unpaired) electrons. The first kappa shape index (κ1) is 20.2. The van der Waals surface area contributed by atoms with Crippen molar-refractivity contribution in [3.8, 4) is 0 Å². The number of aromatic nitrogens is 3. The quantitative estimate of drug-likeness (QED) is 0.616. The lowest BCUT2D eigenvalue weighted by atomic mass is 9.92. The van der Waals surface area contributed by atoms with Gasteiger partial charge in [-0.2, -0.15) is 0 Å². The molecule has 4 rings (SSSR count). The molecule has 0 atom stereocenters. The molecule has 0 spiro atoms. The molecule has 5 heteroatoms. The van der Waals surface area contributed by atoms with Gasteiger partial charge in [0.2, 0.25) is 5.91 Å². The summed E-state index contributed by atoms with van der Waals surface area (Å²) in [6, 6.07) is 8.21. The van der Waals surface area contributed by atoms with E-state index in [-0.39, 0.29) is 11.3 Å². The van der Waals surface area contributed by atoms with Crippen molar-refractivity contribution < 1.29 is 4.79 Å². The van der Waals surface area contributed by atoms with Crippen LogP contribution in [0.5, 0.6) is 0 Å². The predicted octanol–water partition coefficient (Wildman–Crippen LogP) is 4.05. The predicted molar refractivity (Wildman–Crippen MR) is 124 cm³/mol. The second-order valence-electron chi connectivity index (χ2n) is 9.47. The molecule has 1 saturated carbocycles. The molecule has 1 aliphatic rings. The van der Waals surface area contributed by atoms with Gasteiger partial charge in [0.05, 0.1) is 16.1 Å². The Bertz CT molecular complexity index is 1260. The number of rotatable bonds is 4. The van der Waals surface area contributed by atoms with Gasteiger partial charge in [0, 0.05) is 27.7 Å². The third-order valence-electron chi connectivity index (χ3n) is 6.06. The van der Waals surface area contributed by atoms with E-state index in [1.54, 1.807) is 0 Å². The van der Waals surface area contributed by atoms with Crippen LogP contribution in [-0.4, -0.2) is 20.9 Å². The first-order chi connectivity index (χ1) is 14.1. The molecule has 1 fully saturated rings. The van der Waals surface area contributed by atoms with Crippen LogP contribution < -0.4 is 16.0 Å². The number of nitrogens with one attached hydrogen (secondary N) is 3. The molecule has 3 N–H and O–H groups in total. The van der Waals surface area contributed by atoms with Gasteiger partial charge in [0.25, 0.3) is 0 Å². The average Bonchev–Trinajstić information content (AvgIpc) is 3.26. The summed E-state index contributed by atoms with van der Waals surface area (Å²) in [6.45, 7) is 14.4. The van der Waals surface area contributed by atoms with E-state index in [2.05, 4.69) is 53.7 Å². The molecule has 0 aliphatic heterocycles. The van der Waals surface area contributed by atoms with Crippen molar-refractivity contribution in [2.24, 2.45) is 5.41 Å². The lowest BCUT2D eigenvalue weighted by Crippen LogP contribution is -2.25. The maximum absolute atomic E-state index is 13.1. The fourth-order valence-electron chi connectivity index (χ4n) is 3.85. The van der Waals surface area contributed by atoms with Crippen molar-refractivity contribution in [3.63, 3.8) is 0 Å². The monoisotopic (exact) mass is 402 g/mol. The molecule has 0 unspecified atom stereocenters. The fourth-order valence-corrected chi connectivity index (χ4v) is 3.85. The van der Waals surface area contributed by atoms with Gasteiger partial charge in [0.1, 0.15) is 5.82 Å². The molecule has 156 valence electrons. The van der Waals surface area contributed by atoms with E-state index in [1.165, 1.54) is 5.69 Å². The number of anilines is 1. The van der Waals surface area contributed by atoms with Crippen LogP contribution in [0.1, 0.15) is 52.1 Å². The van der Waals surface area contributed by atoms with Crippen molar-refractivity contribution in [3.05, 3.63) is 58.1 Å². The summed E-state index contributed by atoms with van der Waals surface area (Å²) in [4.78, 5) is 24.1. The fraction of sp³-hybridized carbons (Fsp3) is 0.360. The number of H-pyrrole nitrogens is 2. The smallest absolute Gasteiger partial charge is 0.234 e. The minimum absolute atomic E-state index is 0.0555. The number of amides is 1. The van der Waals surface area contributed by atoms with Crippen LogP contribution in [0, 0.1) is 12.3 Å². The highest BCUT2D eigenvalue weighted by Gasteiger charge is 2.51. The summed E-state index contributed by atoms with van der Waals surface area (Å²) in [5.41, 5.74) is 3.80. The lowest BCUT2D eigenvalue weighted by molar-refractivity contribution is -0.119. The number of hydrogen-bond acceptors (Lipinski definition) is 2. The van der Waals surface area contributed by atoms with Gasteiger partial charge in [0.15, 0.2) is 0 Å². The molecule has 1 amide bonds. The minimum atomic E-state index is -0.420. The van der Waals surface area contributed by atoms with Crippen molar-refractivity contribution in [1.29, 1.82) is 0 Å². The largest absolute Gasteiger partial charge is 0.358 e. The number of carbonyl (C=O) groups excluding carboxylic acids is 1. The van der Waals surface area contributed by atoms with Crippen LogP contribution in [0.2, 0.25) is 0 Å². The Kier molecular flexibility index (Phi) is 4.72. The van der Waals surface area contributed by atoms with E-state index >= 15 is 0 Å². The maximum Gasteiger partial charge on any atom is 0.234 e. The average molecular weight is 403 g/mol. The number of benzene rings is 1. The Labute approximate surface area is 177 Å². The van der Waals surface area contributed by atoms with Gasteiger partial charge < -0.3 is 15.3 Å². The van der Waals surface area contributed by atoms with Gasteiger partial charge in [-0.3, -0.25) is 4.79 Å². The number of aryl methyl sites for hydroxylation is 1. The molecular weight excluding hydrogens is 372 g/mol. The SMILES string of the molecule is C=c1nc(C)[nH]/c1=C/C=C(\C)C1(C(=O)Nc2ccc3[nH]c(C(C)(C)C)cc3c2)CC1. The van der Waals surface area contributed by atoms with Gasteiger partial charge in [-0.05, 0) is 57.0 Å². The minimum Gasteiger partial charge on any atom is -0.358 e. The highest BCUT2D eigenvalue weighted by atomic mass is 16.2. The van der Waals surface area contributed by atoms with E-state index in [1.807, 2.05) is 44.2 Å². The Morgan fingerprint density at radius 3 is 2.57 bits per heavy atom. The molecule has 2 heterocycles. The number of aromatic amines is 2. The third kappa shape index (κ3) is 3.72. The topological polar surface area (TPSA) is 73.6 Å². The standard InChI is InChI=1S/C25H30N4O/c1-15(7-9-20-16(2)26-17(3)27-20)25(11-12-25)23(30)28-19-8-10-21-18(13-19)14-22(29-21)24(4,5)6/h7-10,13-14,29H,2,11-12H2,1,3-6H3,(H,26,27)(H,28,30)/b15-7+,20-9+. The molecule has 1 aliphatic carbocycles. The molecular formula is C25H30N4O. The zero-order valence-electron chi connectivity index (χ0n) is 18.4. The molecule has 5 nitrogen and oxygen atoms in total. The van der Waals surface area contributed by atoms with Gasteiger partial charge in [-0.25, -0.2) is 4.98 Å². The van der Waals surface area contributed by atoms with Gasteiger partial charge in [-0.1, -0.05) is 39.0 Å². The third-order valence-corrected chi connectivity index (χ3v) is 6.06. The number of nitrogens with zero attached hydrogens (tertiary/aromatic N) is 1. The Morgan fingerprint density at radius 1 is 1.23 bits per heavy atom. The first-order valence-electron chi connectivity index (χ1n) is 10.4. The van der Waals surface area contributed by atoms with Crippen LogP contribution >= 0.6 is 0 Å². The summed E-state index contributed by atoms with van der Waals surface area (Å²) in [5.74, 6) is 0.900. The van der Waals surface area contributed by atoms with E-state index in [4.69, 9.17) is 0 Å².